The van der Waals surface area contributed by atoms with Crippen LogP contribution in [-0.4, -0.2) is 32.1 Å². The molecule has 22 heavy (non-hydrogen) atoms. The van der Waals surface area contributed by atoms with Crippen LogP contribution in [-0.2, 0) is 4.79 Å². The van der Waals surface area contributed by atoms with Crippen molar-refractivity contribution < 1.29 is 9.53 Å². The lowest BCUT2D eigenvalue weighted by atomic mass is 9.92. The lowest BCUT2D eigenvalue weighted by molar-refractivity contribution is -0.123. The zero-order valence-electron chi connectivity index (χ0n) is 13.4. The van der Waals surface area contributed by atoms with Crippen molar-refractivity contribution in [2.24, 2.45) is 11.3 Å². The minimum atomic E-state index is 0.248. The van der Waals surface area contributed by atoms with Crippen LogP contribution in [0.4, 0.5) is 0 Å². The molecule has 1 spiro atoms. The quantitative estimate of drug-likeness (QED) is 0.793. The van der Waals surface area contributed by atoms with Crippen molar-refractivity contribution in [3.63, 3.8) is 0 Å². The van der Waals surface area contributed by atoms with Crippen molar-refractivity contribution in [1.29, 1.82) is 0 Å². The average molecular weight is 302 g/mol. The summed E-state index contributed by atoms with van der Waals surface area (Å²) < 4.78 is 5.74. The Bertz CT molecular complexity index is 524. The van der Waals surface area contributed by atoms with Crippen molar-refractivity contribution in [1.82, 2.24) is 10.6 Å². The summed E-state index contributed by atoms with van der Waals surface area (Å²) in [4.78, 5) is 12.2. The Morgan fingerprint density at radius 1 is 1.36 bits per heavy atom. The number of para-hydroxylation sites is 1. The zero-order valence-corrected chi connectivity index (χ0v) is 13.4. The van der Waals surface area contributed by atoms with Gasteiger partial charge in [-0.1, -0.05) is 18.2 Å². The second kappa shape index (κ2) is 6.69. The van der Waals surface area contributed by atoms with Gasteiger partial charge in [-0.2, -0.15) is 0 Å². The Kier molecular flexibility index (Phi) is 4.67. The Labute approximate surface area is 132 Å². The van der Waals surface area contributed by atoms with Gasteiger partial charge < -0.3 is 15.4 Å². The predicted molar refractivity (Wildman–Crippen MR) is 86.9 cm³/mol. The molecule has 1 heterocycles. The molecule has 0 bridgehead atoms. The highest BCUT2D eigenvalue weighted by Gasteiger charge is 2.57. The van der Waals surface area contributed by atoms with Crippen LogP contribution >= 0.6 is 0 Å². The summed E-state index contributed by atoms with van der Waals surface area (Å²) in [6.07, 6.45) is 4.24. The maximum Gasteiger partial charge on any atom is 0.223 e. The number of rotatable bonds is 6. The Morgan fingerprint density at radius 2 is 2.14 bits per heavy atom. The lowest BCUT2D eigenvalue weighted by Gasteiger charge is -2.23. The van der Waals surface area contributed by atoms with Gasteiger partial charge in [-0.15, -0.1) is 0 Å². The molecule has 3 rings (SSSR count). The molecule has 1 saturated carbocycles. The number of hydrogen-bond donors (Lipinski definition) is 2. The molecule has 1 atom stereocenters. The first-order chi connectivity index (χ1) is 10.7. The zero-order chi connectivity index (χ0) is 15.4. The lowest BCUT2D eigenvalue weighted by Crippen LogP contribution is -2.34. The summed E-state index contributed by atoms with van der Waals surface area (Å²) in [5, 5.41) is 6.45. The molecule has 2 fully saturated rings. The first kappa shape index (κ1) is 15.3. The Hall–Kier alpha value is -1.55. The van der Waals surface area contributed by atoms with Gasteiger partial charge in [-0.05, 0) is 62.7 Å². The fourth-order valence-corrected chi connectivity index (χ4v) is 3.50. The highest BCUT2D eigenvalue weighted by molar-refractivity contribution is 5.82. The smallest absolute Gasteiger partial charge is 0.223 e. The molecular weight excluding hydrogens is 276 g/mol. The minimum Gasteiger partial charge on any atom is -0.493 e. The fraction of sp³-hybridized carbons (Fsp3) is 0.611. The second-order valence-electron chi connectivity index (χ2n) is 6.63. The molecule has 120 valence electrons. The SMILES string of the molecule is Cc1ccccc1OCCCNC(=O)C1CC12CCNCC2. The fourth-order valence-electron chi connectivity index (χ4n) is 3.50. The van der Waals surface area contributed by atoms with Gasteiger partial charge in [0, 0.05) is 12.5 Å². The van der Waals surface area contributed by atoms with Gasteiger partial charge in [0.05, 0.1) is 6.61 Å². The van der Waals surface area contributed by atoms with Crippen molar-refractivity contribution in [2.75, 3.05) is 26.2 Å². The van der Waals surface area contributed by atoms with Gasteiger partial charge in [0.1, 0.15) is 5.75 Å². The van der Waals surface area contributed by atoms with E-state index in [0.717, 1.165) is 50.1 Å². The standard InChI is InChI=1S/C18H26N2O2/c1-14-5-2-3-6-16(14)22-12-4-9-20-17(21)15-13-18(15)7-10-19-11-8-18/h2-3,5-6,15,19H,4,7-13H2,1H3,(H,20,21). The van der Waals surface area contributed by atoms with Crippen molar-refractivity contribution in [3.05, 3.63) is 29.8 Å². The highest BCUT2D eigenvalue weighted by atomic mass is 16.5. The molecule has 1 aliphatic carbocycles. The number of hydrogen-bond acceptors (Lipinski definition) is 3. The topological polar surface area (TPSA) is 50.4 Å². The maximum absolute atomic E-state index is 12.2. The number of aryl methyl sites for hydroxylation is 1. The number of carbonyl (C=O) groups excluding carboxylic acids is 1. The monoisotopic (exact) mass is 302 g/mol. The van der Waals surface area contributed by atoms with Crippen LogP contribution in [0, 0.1) is 18.3 Å². The van der Waals surface area contributed by atoms with E-state index in [2.05, 4.69) is 10.6 Å². The van der Waals surface area contributed by atoms with E-state index in [1.54, 1.807) is 0 Å². The van der Waals surface area contributed by atoms with Crippen molar-refractivity contribution in [2.45, 2.75) is 32.6 Å². The van der Waals surface area contributed by atoms with E-state index < -0.39 is 0 Å². The van der Waals surface area contributed by atoms with E-state index in [1.807, 2.05) is 31.2 Å². The number of piperidine rings is 1. The van der Waals surface area contributed by atoms with Gasteiger partial charge in [0.2, 0.25) is 5.91 Å². The molecule has 0 aromatic heterocycles. The van der Waals surface area contributed by atoms with E-state index in [1.165, 1.54) is 0 Å². The minimum absolute atomic E-state index is 0.248. The van der Waals surface area contributed by atoms with Crippen LogP contribution in [0.2, 0.25) is 0 Å². The molecule has 1 amide bonds. The van der Waals surface area contributed by atoms with Crippen molar-refractivity contribution in [3.8, 4) is 5.75 Å². The third-order valence-electron chi connectivity index (χ3n) is 5.08. The summed E-state index contributed by atoms with van der Waals surface area (Å²) in [5.74, 6) is 1.44. The molecule has 4 nitrogen and oxygen atoms in total. The first-order valence-electron chi connectivity index (χ1n) is 8.38. The summed E-state index contributed by atoms with van der Waals surface area (Å²) >= 11 is 0. The van der Waals surface area contributed by atoms with Gasteiger partial charge in [-0.3, -0.25) is 4.79 Å². The van der Waals surface area contributed by atoms with Gasteiger partial charge in [0.15, 0.2) is 0 Å². The van der Waals surface area contributed by atoms with Crippen LogP contribution in [0.25, 0.3) is 0 Å². The molecule has 4 heteroatoms. The Morgan fingerprint density at radius 3 is 2.91 bits per heavy atom. The van der Waals surface area contributed by atoms with E-state index in [9.17, 15) is 4.79 Å². The maximum atomic E-state index is 12.2. The van der Waals surface area contributed by atoms with E-state index in [-0.39, 0.29) is 11.8 Å². The van der Waals surface area contributed by atoms with E-state index in [0.29, 0.717) is 18.6 Å². The summed E-state index contributed by atoms with van der Waals surface area (Å²) in [5.41, 5.74) is 1.48. The normalized spacial score (nSPS) is 22.3. The third-order valence-corrected chi connectivity index (χ3v) is 5.08. The number of benzene rings is 1. The average Bonchev–Trinajstić information content (AvgIpc) is 3.22. The van der Waals surface area contributed by atoms with Gasteiger partial charge in [0.25, 0.3) is 0 Å². The van der Waals surface area contributed by atoms with E-state index >= 15 is 0 Å². The third kappa shape index (κ3) is 3.43. The molecule has 1 unspecified atom stereocenters. The number of carbonyl (C=O) groups is 1. The van der Waals surface area contributed by atoms with Crippen molar-refractivity contribution >= 4 is 5.91 Å². The van der Waals surface area contributed by atoms with Gasteiger partial charge in [-0.25, -0.2) is 0 Å². The number of ether oxygens (including phenoxy) is 1. The summed E-state index contributed by atoms with van der Waals surface area (Å²) in [6.45, 7) is 5.52. The molecule has 2 aliphatic rings. The second-order valence-corrected chi connectivity index (χ2v) is 6.63. The molecular formula is C18H26N2O2. The molecule has 1 saturated heterocycles. The molecule has 1 aliphatic heterocycles. The van der Waals surface area contributed by atoms with E-state index in [4.69, 9.17) is 4.74 Å². The molecule has 0 radical (unpaired) electrons. The van der Waals surface area contributed by atoms with Crippen LogP contribution in [0.1, 0.15) is 31.2 Å². The van der Waals surface area contributed by atoms with Crippen LogP contribution in [0.15, 0.2) is 24.3 Å². The molecule has 1 aromatic rings. The van der Waals surface area contributed by atoms with Crippen LogP contribution < -0.4 is 15.4 Å². The number of amides is 1. The number of nitrogens with one attached hydrogen (secondary N) is 2. The van der Waals surface area contributed by atoms with Crippen LogP contribution in [0.5, 0.6) is 5.75 Å². The molecule has 2 N–H and O–H groups in total. The van der Waals surface area contributed by atoms with Crippen LogP contribution in [0.3, 0.4) is 0 Å². The Balaban J connectivity index is 1.32. The van der Waals surface area contributed by atoms with Gasteiger partial charge >= 0.3 is 0 Å². The summed E-state index contributed by atoms with van der Waals surface area (Å²) in [7, 11) is 0. The predicted octanol–water partition coefficient (Wildman–Crippen LogP) is 2.27. The summed E-state index contributed by atoms with van der Waals surface area (Å²) in [6, 6.07) is 8.02. The largest absolute Gasteiger partial charge is 0.493 e. The molecule has 1 aromatic carbocycles. The first-order valence-corrected chi connectivity index (χ1v) is 8.38. The highest BCUT2D eigenvalue weighted by Crippen LogP contribution is 2.58.